The zero-order valence-electron chi connectivity index (χ0n) is 16.3. The summed E-state index contributed by atoms with van der Waals surface area (Å²) in [5, 5.41) is 13.7. The summed E-state index contributed by atoms with van der Waals surface area (Å²) in [6.07, 6.45) is 1.83. The number of amides is 1. The predicted molar refractivity (Wildman–Crippen MR) is 111 cm³/mol. The second-order valence-electron chi connectivity index (χ2n) is 6.98. The van der Waals surface area contributed by atoms with E-state index in [0.29, 0.717) is 29.9 Å². The molecule has 0 saturated carbocycles. The third-order valence-corrected chi connectivity index (χ3v) is 4.91. The Morgan fingerprint density at radius 1 is 1.28 bits per heavy atom. The number of fused-ring (bicyclic) bond motifs is 1. The highest BCUT2D eigenvalue weighted by Gasteiger charge is 2.42. The molecule has 1 aromatic carbocycles. The van der Waals surface area contributed by atoms with Gasteiger partial charge in [0.25, 0.3) is 5.91 Å². The number of rotatable bonds is 3. The highest BCUT2D eigenvalue weighted by atomic mass is 16.3. The molecule has 0 unspecified atom stereocenters. The number of pyridine rings is 1. The lowest BCUT2D eigenvalue weighted by Gasteiger charge is -2.13. The number of benzene rings is 1. The van der Waals surface area contributed by atoms with Crippen molar-refractivity contribution in [2.24, 2.45) is 0 Å². The molecule has 1 aliphatic heterocycles. The Bertz CT molecular complexity index is 1150. The summed E-state index contributed by atoms with van der Waals surface area (Å²) < 4.78 is 0. The van der Waals surface area contributed by atoms with Gasteiger partial charge >= 0.3 is 0 Å². The Morgan fingerprint density at radius 3 is 2.90 bits per heavy atom. The quantitative estimate of drug-likeness (QED) is 0.669. The van der Waals surface area contributed by atoms with Crippen LogP contribution >= 0.6 is 0 Å². The number of carbonyl (C=O) groups is 1. The van der Waals surface area contributed by atoms with E-state index < -0.39 is 5.60 Å². The molecule has 0 spiro atoms. The summed E-state index contributed by atoms with van der Waals surface area (Å²) >= 11 is 0. The molecule has 1 atom stereocenters. The van der Waals surface area contributed by atoms with Crippen molar-refractivity contribution in [2.45, 2.75) is 18.9 Å². The molecule has 7 nitrogen and oxygen atoms in total. The lowest BCUT2D eigenvalue weighted by atomic mass is 10.0. The Hall–Kier alpha value is -3.50. The van der Waals surface area contributed by atoms with Gasteiger partial charge in [-0.2, -0.15) is 0 Å². The number of nitrogens with one attached hydrogen (secondary N) is 1. The monoisotopic (exact) mass is 387 g/mol. The Labute approximate surface area is 168 Å². The van der Waals surface area contributed by atoms with Crippen LogP contribution in [0, 0.1) is 11.8 Å². The van der Waals surface area contributed by atoms with Gasteiger partial charge < -0.3 is 15.3 Å². The molecule has 0 bridgehead atoms. The first-order valence-electron chi connectivity index (χ1n) is 9.47. The Kier molecular flexibility index (Phi) is 4.87. The zero-order valence-corrected chi connectivity index (χ0v) is 16.3. The van der Waals surface area contributed by atoms with Gasteiger partial charge in [0.05, 0.1) is 11.2 Å². The molecule has 1 aliphatic rings. The lowest BCUT2D eigenvalue weighted by molar-refractivity contribution is -0.137. The Morgan fingerprint density at radius 2 is 2.14 bits per heavy atom. The molecule has 146 valence electrons. The molecule has 2 aromatic heterocycles. The second-order valence-corrected chi connectivity index (χ2v) is 6.98. The standard InChI is InChI=1S/C22H21N5O2/c1-3-23-20-19-18(24-14-25-20)8-7-17(26-19)16-6-4-5-15(13-16)9-10-22(29)11-12-27(2)21(22)28/h4-8,13-14,29H,3,11-12H2,1-2H3,(H,23,24,25)/t22-/m0/s1. The number of likely N-dealkylation sites (N-methyl/N-ethyl adjacent to an activating group) is 1. The van der Waals surface area contributed by atoms with E-state index in [1.807, 2.05) is 43.3 Å². The van der Waals surface area contributed by atoms with Gasteiger partial charge in [0.15, 0.2) is 5.82 Å². The van der Waals surface area contributed by atoms with Gasteiger partial charge in [-0.1, -0.05) is 24.0 Å². The fourth-order valence-corrected chi connectivity index (χ4v) is 3.30. The number of nitrogens with zero attached hydrogens (tertiary/aromatic N) is 4. The van der Waals surface area contributed by atoms with E-state index in [4.69, 9.17) is 4.98 Å². The van der Waals surface area contributed by atoms with E-state index in [1.165, 1.54) is 11.2 Å². The van der Waals surface area contributed by atoms with E-state index >= 15 is 0 Å². The molecule has 0 radical (unpaired) electrons. The van der Waals surface area contributed by atoms with Crippen LogP contribution in [-0.2, 0) is 4.79 Å². The number of hydrogen-bond acceptors (Lipinski definition) is 6. The SMILES string of the molecule is CCNc1ncnc2ccc(-c3cccc(C#C[C@]4(O)CCN(C)C4=O)c3)nc12. The molecule has 1 fully saturated rings. The van der Waals surface area contributed by atoms with Crippen LogP contribution in [0.15, 0.2) is 42.7 Å². The largest absolute Gasteiger partial charge is 0.369 e. The minimum atomic E-state index is -1.61. The summed E-state index contributed by atoms with van der Waals surface area (Å²) in [7, 11) is 1.67. The zero-order chi connectivity index (χ0) is 20.4. The smallest absolute Gasteiger partial charge is 0.267 e. The first kappa shape index (κ1) is 18.8. The van der Waals surface area contributed by atoms with E-state index in [-0.39, 0.29) is 5.91 Å². The molecular weight excluding hydrogens is 366 g/mol. The number of aliphatic hydroxyl groups is 1. The van der Waals surface area contributed by atoms with Crippen LogP contribution in [0.3, 0.4) is 0 Å². The normalized spacial score (nSPS) is 18.6. The maximum Gasteiger partial charge on any atom is 0.267 e. The molecule has 7 heteroatoms. The average Bonchev–Trinajstić information content (AvgIpc) is 3.00. The predicted octanol–water partition coefficient (Wildman–Crippen LogP) is 2.07. The van der Waals surface area contributed by atoms with Crippen LogP contribution in [0.2, 0.25) is 0 Å². The fourth-order valence-electron chi connectivity index (χ4n) is 3.30. The van der Waals surface area contributed by atoms with E-state index in [2.05, 4.69) is 27.1 Å². The molecule has 1 amide bonds. The summed E-state index contributed by atoms with van der Waals surface area (Å²) in [4.78, 5) is 26.9. The lowest BCUT2D eigenvalue weighted by Crippen LogP contribution is -2.37. The van der Waals surface area contributed by atoms with Gasteiger partial charge in [-0.3, -0.25) is 4.79 Å². The van der Waals surface area contributed by atoms with E-state index in [0.717, 1.165) is 23.3 Å². The first-order valence-corrected chi connectivity index (χ1v) is 9.47. The molecule has 29 heavy (non-hydrogen) atoms. The summed E-state index contributed by atoms with van der Waals surface area (Å²) in [5.74, 6) is 6.04. The van der Waals surface area contributed by atoms with Crippen molar-refractivity contribution >= 4 is 22.8 Å². The van der Waals surface area contributed by atoms with Crippen molar-refractivity contribution in [3.05, 3.63) is 48.3 Å². The van der Waals surface area contributed by atoms with Gasteiger partial charge in [-0.15, -0.1) is 0 Å². The number of aromatic nitrogens is 3. The molecule has 3 heterocycles. The summed E-state index contributed by atoms with van der Waals surface area (Å²) in [6.45, 7) is 3.24. The Balaban J connectivity index is 1.69. The van der Waals surface area contributed by atoms with Crippen LogP contribution in [-0.4, -0.2) is 56.6 Å². The van der Waals surface area contributed by atoms with Gasteiger partial charge in [0.1, 0.15) is 11.8 Å². The third kappa shape index (κ3) is 3.62. The molecule has 3 aromatic rings. The molecular formula is C22H21N5O2. The van der Waals surface area contributed by atoms with Gasteiger partial charge in [0.2, 0.25) is 5.60 Å². The molecule has 0 aliphatic carbocycles. The fraction of sp³-hybridized carbons (Fsp3) is 0.273. The summed E-state index contributed by atoms with van der Waals surface area (Å²) in [6, 6.07) is 11.4. The highest BCUT2D eigenvalue weighted by molar-refractivity contribution is 5.90. The first-order chi connectivity index (χ1) is 14.0. The van der Waals surface area contributed by atoms with Gasteiger partial charge in [-0.05, 0) is 31.2 Å². The van der Waals surface area contributed by atoms with Crippen molar-refractivity contribution in [3.63, 3.8) is 0 Å². The van der Waals surface area contributed by atoms with Crippen LogP contribution in [0.5, 0.6) is 0 Å². The van der Waals surface area contributed by atoms with Gasteiger partial charge in [-0.25, -0.2) is 15.0 Å². The molecule has 4 rings (SSSR count). The molecule has 2 N–H and O–H groups in total. The van der Waals surface area contributed by atoms with Crippen LogP contribution in [0.4, 0.5) is 5.82 Å². The average molecular weight is 387 g/mol. The van der Waals surface area contributed by atoms with Crippen molar-refractivity contribution in [2.75, 3.05) is 25.5 Å². The minimum Gasteiger partial charge on any atom is -0.369 e. The van der Waals surface area contributed by atoms with Crippen molar-refractivity contribution < 1.29 is 9.90 Å². The summed E-state index contributed by atoms with van der Waals surface area (Å²) in [5.41, 5.74) is 2.22. The van der Waals surface area contributed by atoms with Crippen molar-refractivity contribution in [3.8, 4) is 23.1 Å². The topological polar surface area (TPSA) is 91.2 Å². The van der Waals surface area contributed by atoms with Crippen LogP contribution < -0.4 is 5.32 Å². The number of likely N-dealkylation sites (tertiary alicyclic amines) is 1. The van der Waals surface area contributed by atoms with E-state index in [1.54, 1.807) is 7.05 Å². The van der Waals surface area contributed by atoms with Gasteiger partial charge in [0, 0.05) is 37.7 Å². The second kappa shape index (κ2) is 7.49. The maximum atomic E-state index is 12.1. The third-order valence-electron chi connectivity index (χ3n) is 4.91. The number of hydrogen-bond donors (Lipinski definition) is 2. The minimum absolute atomic E-state index is 0.314. The number of anilines is 1. The molecule has 1 saturated heterocycles. The van der Waals surface area contributed by atoms with Crippen molar-refractivity contribution in [1.29, 1.82) is 0 Å². The van der Waals surface area contributed by atoms with Crippen LogP contribution in [0.25, 0.3) is 22.3 Å². The number of carbonyl (C=O) groups excluding carboxylic acids is 1. The van der Waals surface area contributed by atoms with Crippen molar-refractivity contribution in [1.82, 2.24) is 19.9 Å². The van der Waals surface area contributed by atoms with Crippen LogP contribution in [0.1, 0.15) is 18.9 Å². The maximum absolute atomic E-state index is 12.1. The van der Waals surface area contributed by atoms with E-state index in [9.17, 15) is 9.90 Å². The highest BCUT2D eigenvalue weighted by Crippen LogP contribution is 2.24.